The summed E-state index contributed by atoms with van der Waals surface area (Å²) >= 11 is 0. The van der Waals surface area contributed by atoms with Gasteiger partial charge in [-0.3, -0.25) is 4.79 Å². The van der Waals surface area contributed by atoms with Gasteiger partial charge in [0.15, 0.2) is 0 Å². The van der Waals surface area contributed by atoms with E-state index in [2.05, 4.69) is 56.0 Å². The van der Waals surface area contributed by atoms with Crippen LogP contribution in [0.15, 0.2) is 18.2 Å². The van der Waals surface area contributed by atoms with Crippen molar-refractivity contribution < 1.29 is 9.53 Å². The number of carbonyl (C=O) groups is 1. The molecule has 0 radical (unpaired) electrons. The number of aromatic amines is 1. The molecule has 2 atom stereocenters. The van der Waals surface area contributed by atoms with E-state index in [1.165, 1.54) is 18.4 Å². The van der Waals surface area contributed by atoms with Crippen LogP contribution in [0, 0.1) is 5.92 Å². The summed E-state index contributed by atoms with van der Waals surface area (Å²) in [5.41, 5.74) is 1.91. The standard InChI is InChI=1S/C21H28N6O2/c1-13-9-16(12-27(11-13)20-23-25-26-24-20)22-19(28)21(7-8-21)17-6-5-15(14-3-4-14)10-18(17)29-2/h5-6,10,13-14,16H,3-4,7-9,11-12H2,1-2H3,(H,22,28)(H,23,24,25,26)/t13-,16+/m0/s1. The van der Waals surface area contributed by atoms with Gasteiger partial charge in [0.25, 0.3) is 5.95 Å². The molecule has 0 spiro atoms. The number of aromatic nitrogens is 4. The van der Waals surface area contributed by atoms with E-state index < -0.39 is 5.41 Å². The van der Waals surface area contributed by atoms with E-state index in [-0.39, 0.29) is 11.9 Å². The fourth-order valence-corrected chi connectivity index (χ4v) is 4.75. The number of hydrogen-bond acceptors (Lipinski definition) is 6. The van der Waals surface area contributed by atoms with Crippen molar-refractivity contribution >= 4 is 11.9 Å². The van der Waals surface area contributed by atoms with Crippen molar-refractivity contribution in [1.29, 1.82) is 0 Å². The number of nitrogens with one attached hydrogen (secondary N) is 2. The number of hydrogen-bond donors (Lipinski definition) is 2. The molecule has 3 aliphatic rings. The van der Waals surface area contributed by atoms with Crippen LogP contribution in [0.5, 0.6) is 5.75 Å². The Hall–Kier alpha value is -2.64. The zero-order valence-electron chi connectivity index (χ0n) is 17.0. The Morgan fingerprint density at radius 2 is 2.14 bits per heavy atom. The maximum absolute atomic E-state index is 13.4. The van der Waals surface area contributed by atoms with Gasteiger partial charge in [-0.25, -0.2) is 0 Å². The van der Waals surface area contributed by atoms with Gasteiger partial charge in [-0.15, -0.1) is 5.10 Å². The number of anilines is 1. The van der Waals surface area contributed by atoms with Crippen LogP contribution in [0.1, 0.15) is 56.1 Å². The fourth-order valence-electron chi connectivity index (χ4n) is 4.75. The largest absolute Gasteiger partial charge is 0.496 e. The molecule has 2 aliphatic carbocycles. The lowest BCUT2D eigenvalue weighted by Crippen LogP contribution is -2.52. The number of nitrogens with zero attached hydrogens (tertiary/aromatic N) is 4. The summed E-state index contributed by atoms with van der Waals surface area (Å²) in [6, 6.07) is 6.51. The predicted molar refractivity (Wildman–Crippen MR) is 108 cm³/mol. The Morgan fingerprint density at radius 1 is 1.31 bits per heavy atom. The highest BCUT2D eigenvalue weighted by molar-refractivity contribution is 5.92. The molecule has 8 heteroatoms. The molecule has 1 aliphatic heterocycles. The number of ether oxygens (including phenoxy) is 1. The quantitative estimate of drug-likeness (QED) is 0.777. The fraction of sp³-hybridized carbons (Fsp3) is 0.619. The molecule has 1 aromatic heterocycles. The highest BCUT2D eigenvalue weighted by Crippen LogP contribution is 2.53. The molecule has 0 bridgehead atoms. The van der Waals surface area contributed by atoms with Crippen molar-refractivity contribution in [3.63, 3.8) is 0 Å². The van der Waals surface area contributed by atoms with Crippen molar-refractivity contribution in [1.82, 2.24) is 25.9 Å². The van der Waals surface area contributed by atoms with Crippen molar-refractivity contribution in [3.8, 4) is 5.75 Å². The van der Waals surface area contributed by atoms with Gasteiger partial charge in [0.2, 0.25) is 5.91 Å². The molecular weight excluding hydrogens is 368 g/mol. The monoisotopic (exact) mass is 396 g/mol. The lowest BCUT2D eigenvalue weighted by atomic mass is 9.90. The third kappa shape index (κ3) is 3.45. The predicted octanol–water partition coefficient (Wildman–Crippen LogP) is 2.15. The van der Waals surface area contributed by atoms with E-state index in [9.17, 15) is 4.79 Å². The first-order valence-electron chi connectivity index (χ1n) is 10.6. The zero-order chi connectivity index (χ0) is 20.0. The molecule has 8 nitrogen and oxygen atoms in total. The Balaban J connectivity index is 1.32. The maximum Gasteiger partial charge on any atom is 0.265 e. The van der Waals surface area contributed by atoms with Crippen LogP contribution in [-0.4, -0.2) is 52.8 Å². The summed E-state index contributed by atoms with van der Waals surface area (Å²) < 4.78 is 5.70. The lowest BCUT2D eigenvalue weighted by molar-refractivity contribution is -0.124. The third-order valence-electron chi connectivity index (χ3n) is 6.59. The van der Waals surface area contributed by atoms with Gasteiger partial charge in [-0.2, -0.15) is 5.21 Å². The third-order valence-corrected chi connectivity index (χ3v) is 6.59. The molecule has 154 valence electrons. The van der Waals surface area contributed by atoms with E-state index in [1.807, 2.05) is 0 Å². The minimum absolute atomic E-state index is 0.0685. The van der Waals surface area contributed by atoms with Crippen LogP contribution < -0.4 is 15.0 Å². The summed E-state index contributed by atoms with van der Waals surface area (Å²) in [5, 5.41) is 17.7. The summed E-state index contributed by atoms with van der Waals surface area (Å²) in [6.45, 7) is 3.76. The van der Waals surface area contributed by atoms with Gasteiger partial charge in [0, 0.05) is 24.7 Å². The molecule has 2 N–H and O–H groups in total. The number of benzene rings is 1. The molecule has 1 amide bonds. The second-order valence-corrected chi connectivity index (χ2v) is 8.94. The van der Waals surface area contributed by atoms with E-state index in [4.69, 9.17) is 4.74 Å². The Kier molecular flexibility index (Phi) is 4.44. The van der Waals surface area contributed by atoms with E-state index >= 15 is 0 Å². The number of carbonyl (C=O) groups excluding carboxylic acids is 1. The normalized spacial score (nSPS) is 25.5. The van der Waals surface area contributed by atoms with Gasteiger partial charge < -0.3 is 15.0 Å². The van der Waals surface area contributed by atoms with E-state index in [0.717, 1.165) is 37.1 Å². The zero-order valence-corrected chi connectivity index (χ0v) is 17.0. The average molecular weight is 396 g/mol. The molecule has 2 saturated carbocycles. The Bertz CT molecular complexity index is 891. The van der Waals surface area contributed by atoms with Crippen molar-refractivity contribution in [3.05, 3.63) is 29.3 Å². The molecule has 3 fully saturated rings. The van der Waals surface area contributed by atoms with Gasteiger partial charge in [-0.05, 0) is 60.8 Å². The Labute approximate surface area is 170 Å². The minimum Gasteiger partial charge on any atom is -0.496 e. The van der Waals surface area contributed by atoms with Crippen LogP contribution in [0.3, 0.4) is 0 Å². The first kappa shape index (κ1) is 18.4. The van der Waals surface area contributed by atoms with E-state index in [0.29, 0.717) is 24.3 Å². The SMILES string of the molecule is COc1cc(C2CC2)ccc1C1(C(=O)N[C@@H]2C[C@H](C)CN(c3nn[nH]n3)C2)CC1. The van der Waals surface area contributed by atoms with Crippen LogP contribution >= 0.6 is 0 Å². The van der Waals surface area contributed by atoms with Gasteiger partial charge in [0.05, 0.1) is 12.5 Å². The maximum atomic E-state index is 13.4. The van der Waals surface area contributed by atoms with Crippen LogP contribution in [0.25, 0.3) is 0 Å². The average Bonchev–Trinajstić information content (AvgIpc) is 3.65. The number of amides is 1. The van der Waals surface area contributed by atoms with Crippen molar-refractivity contribution in [2.24, 2.45) is 5.92 Å². The molecule has 2 aromatic rings. The Morgan fingerprint density at radius 3 is 2.79 bits per heavy atom. The first-order valence-corrected chi connectivity index (χ1v) is 10.6. The summed E-state index contributed by atoms with van der Waals surface area (Å²) in [5.74, 6) is 2.67. The number of rotatable bonds is 6. The second kappa shape index (κ2) is 7.00. The molecule has 1 saturated heterocycles. The molecule has 2 heterocycles. The molecular formula is C21H28N6O2. The van der Waals surface area contributed by atoms with Crippen LogP contribution in [0.2, 0.25) is 0 Å². The first-order chi connectivity index (χ1) is 14.1. The molecule has 1 aromatic carbocycles. The number of tetrazole rings is 1. The molecule has 5 rings (SSSR count). The molecule has 29 heavy (non-hydrogen) atoms. The summed E-state index contributed by atoms with van der Waals surface area (Å²) in [7, 11) is 1.70. The van der Waals surface area contributed by atoms with Gasteiger partial charge in [-0.1, -0.05) is 24.2 Å². The summed E-state index contributed by atoms with van der Waals surface area (Å²) in [4.78, 5) is 15.5. The highest BCUT2D eigenvalue weighted by Gasteiger charge is 2.53. The minimum atomic E-state index is -0.453. The molecule has 0 unspecified atom stereocenters. The van der Waals surface area contributed by atoms with Gasteiger partial charge in [0.1, 0.15) is 5.75 Å². The van der Waals surface area contributed by atoms with Gasteiger partial charge >= 0.3 is 0 Å². The number of piperidine rings is 1. The number of methoxy groups -OCH3 is 1. The number of H-pyrrole nitrogens is 1. The lowest BCUT2D eigenvalue weighted by Gasteiger charge is -2.36. The highest BCUT2D eigenvalue weighted by atomic mass is 16.5. The van der Waals surface area contributed by atoms with Crippen LogP contribution in [0.4, 0.5) is 5.95 Å². The topological polar surface area (TPSA) is 96.0 Å². The van der Waals surface area contributed by atoms with Crippen molar-refractivity contribution in [2.75, 3.05) is 25.1 Å². The van der Waals surface area contributed by atoms with E-state index in [1.54, 1.807) is 7.11 Å². The van der Waals surface area contributed by atoms with Crippen LogP contribution in [-0.2, 0) is 10.2 Å². The van der Waals surface area contributed by atoms with Crippen molar-refractivity contribution in [2.45, 2.75) is 56.4 Å². The smallest absolute Gasteiger partial charge is 0.265 e. The summed E-state index contributed by atoms with van der Waals surface area (Å²) in [6.07, 6.45) is 5.20. The second-order valence-electron chi connectivity index (χ2n) is 8.94.